The van der Waals surface area contributed by atoms with E-state index in [0.717, 1.165) is 11.4 Å². The predicted molar refractivity (Wildman–Crippen MR) is 88.0 cm³/mol. The number of hydrogen-bond donors (Lipinski definition) is 0. The molecule has 1 saturated carbocycles. The van der Waals surface area contributed by atoms with Crippen molar-refractivity contribution < 1.29 is 9.31 Å². The highest BCUT2D eigenvalue weighted by Gasteiger charge is 2.51. The maximum atomic E-state index is 6.17. The van der Waals surface area contributed by atoms with Crippen LogP contribution in [0.5, 0.6) is 0 Å². The van der Waals surface area contributed by atoms with Crippen LogP contribution in [0, 0.1) is 0 Å². The molecule has 3 rings (SSSR count). The highest BCUT2D eigenvalue weighted by molar-refractivity contribution is 6.62. The Labute approximate surface area is 129 Å². The van der Waals surface area contributed by atoms with E-state index in [4.69, 9.17) is 9.31 Å². The molecule has 21 heavy (non-hydrogen) atoms. The first-order valence-corrected chi connectivity index (χ1v) is 8.34. The molecule has 3 heteroatoms. The van der Waals surface area contributed by atoms with Gasteiger partial charge in [-0.25, -0.2) is 0 Å². The third-order valence-corrected chi connectivity index (χ3v) is 5.51. The lowest BCUT2D eigenvalue weighted by atomic mass is 9.75. The van der Waals surface area contributed by atoms with Gasteiger partial charge in [0.05, 0.1) is 11.2 Å². The second kappa shape index (κ2) is 5.44. The Hall–Kier alpha value is -0.795. The zero-order valence-corrected chi connectivity index (χ0v) is 13.8. The maximum absolute atomic E-state index is 6.17. The van der Waals surface area contributed by atoms with Crippen LogP contribution in [0.25, 0.3) is 0 Å². The predicted octanol–water partition coefficient (Wildman–Crippen LogP) is 4.03. The smallest absolute Gasteiger partial charge is 0.399 e. The van der Waals surface area contributed by atoms with Gasteiger partial charge in [-0.1, -0.05) is 43.5 Å². The Morgan fingerprint density at radius 2 is 1.57 bits per heavy atom. The van der Waals surface area contributed by atoms with Gasteiger partial charge in [0.2, 0.25) is 0 Å². The molecular formula is C18H27BO2. The summed E-state index contributed by atoms with van der Waals surface area (Å²) in [7, 11) is -0.237. The van der Waals surface area contributed by atoms with Crippen molar-refractivity contribution in [1.29, 1.82) is 0 Å². The molecule has 0 aromatic heterocycles. The summed E-state index contributed by atoms with van der Waals surface area (Å²) in [5.41, 5.74) is 2.09. The Bertz CT molecular complexity index is 488. The fourth-order valence-electron chi connectivity index (χ4n) is 3.37. The summed E-state index contributed by atoms with van der Waals surface area (Å²) in [6.45, 7) is 8.44. The zero-order chi connectivity index (χ0) is 15.1. The van der Waals surface area contributed by atoms with Gasteiger partial charge in [0.1, 0.15) is 0 Å². The van der Waals surface area contributed by atoms with E-state index in [2.05, 4.69) is 52.0 Å². The topological polar surface area (TPSA) is 18.5 Å². The van der Waals surface area contributed by atoms with Crippen LogP contribution >= 0.6 is 0 Å². The average Bonchev–Trinajstić information content (AvgIpc) is 2.69. The van der Waals surface area contributed by atoms with Gasteiger partial charge >= 0.3 is 7.12 Å². The Balaban J connectivity index is 1.81. The Kier molecular flexibility index (Phi) is 3.92. The van der Waals surface area contributed by atoms with Crippen molar-refractivity contribution in [2.45, 2.75) is 76.9 Å². The van der Waals surface area contributed by atoms with E-state index in [0.29, 0.717) is 0 Å². The molecule has 0 amide bonds. The van der Waals surface area contributed by atoms with E-state index in [-0.39, 0.29) is 18.3 Å². The van der Waals surface area contributed by atoms with Gasteiger partial charge < -0.3 is 9.31 Å². The lowest BCUT2D eigenvalue weighted by Gasteiger charge is -2.32. The molecule has 2 fully saturated rings. The first-order chi connectivity index (χ1) is 9.89. The van der Waals surface area contributed by atoms with Crippen LogP contribution in [0.2, 0.25) is 0 Å². The van der Waals surface area contributed by atoms with Gasteiger partial charge in [-0.2, -0.15) is 0 Å². The van der Waals surface area contributed by atoms with Crippen molar-refractivity contribution in [2.75, 3.05) is 0 Å². The van der Waals surface area contributed by atoms with Crippen molar-refractivity contribution >= 4 is 12.6 Å². The fraction of sp³-hybridized carbons (Fsp3) is 0.667. The largest absolute Gasteiger partial charge is 0.494 e. The molecule has 1 aromatic carbocycles. The number of benzene rings is 1. The van der Waals surface area contributed by atoms with Gasteiger partial charge in [0.25, 0.3) is 0 Å². The molecule has 2 aliphatic rings. The third-order valence-electron chi connectivity index (χ3n) is 5.51. The minimum atomic E-state index is -0.265. The van der Waals surface area contributed by atoms with Crippen LogP contribution < -0.4 is 5.46 Å². The highest BCUT2D eigenvalue weighted by atomic mass is 16.7. The molecule has 0 radical (unpaired) electrons. The van der Waals surface area contributed by atoms with Gasteiger partial charge in [0, 0.05) is 0 Å². The quantitative estimate of drug-likeness (QED) is 0.764. The standard InChI is InChI=1S/C18H27BO2/c1-17(2)18(3,4)21-19(20-17)16-12-8-11-15(13-16)14-9-6-5-7-10-14/h8,11-14H,5-7,9-10H2,1-4H3. The summed E-state index contributed by atoms with van der Waals surface area (Å²) in [5, 5.41) is 0. The monoisotopic (exact) mass is 286 g/mol. The SMILES string of the molecule is CC1(C)OB(c2cccc(C3CCCCC3)c2)OC1(C)C. The first kappa shape index (κ1) is 15.1. The molecule has 0 unspecified atom stereocenters. The minimum Gasteiger partial charge on any atom is -0.399 e. The van der Waals surface area contributed by atoms with E-state index in [1.807, 2.05) is 0 Å². The Morgan fingerprint density at radius 1 is 0.952 bits per heavy atom. The molecular weight excluding hydrogens is 259 g/mol. The molecule has 114 valence electrons. The van der Waals surface area contributed by atoms with Crippen LogP contribution in [0.1, 0.15) is 71.3 Å². The summed E-state index contributed by atoms with van der Waals surface area (Å²) in [6.07, 6.45) is 6.78. The molecule has 1 heterocycles. The van der Waals surface area contributed by atoms with Crippen molar-refractivity contribution in [3.05, 3.63) is 29.8 Å². The summed E-state index contributed by atoms with van der Waals surface area (Å²) in [5.74, 6) is 0.723. The van der Waals surface area contributed by atoms with Crippen LogP contribution in [0.15, 0.2) is 24.3 Å². The Morgan fingerprint density at radius 3 is 2.19 bits per heavy atom. The molecule has 0 spiro atoms. The van der Waals surface area contributed by atoms with E-state index in [9.17, 15) is 0 Å². The van der Waals surface area contributed by atoms with E-state index >= 15 is 0 Å². The van der Waals surface area contributed by atoms with Crippen molar-refractivity contribution in [3.63, 3.8) is 0 Å². The van der Waals surface area contributed by atoms with Crippen LogP contribution in [-0.2, 0) is 9.31 Å². The summed E-state index contributed by atoms with van der Waals surface area (Å²) >= 11 is 0. The maximum Gasteiger partial charge on any atom is 0.494 e. The van der Waals surface area contributed by atoms with Gasteiger partial charge in [-0.15, -0.1) is 0 Å². The molecule has 1 saturated heterocycles. The van der Waals surface area contributed by atoms with Crippen LogP contribution in [-0.4, -0.2) is 18.3 Å². The van der Waals surface area contributed by atoms with E-state index in [1.165, 1.54) is 37.7 Å². The van der Waals surface area contributed by atoms with Crippen molar-refractivity contribution in [1.82, 2.24) is 0 Å². The lowest BCUT2D eigenvalue weighted by molar-refractivity contribution is 0.00578. The van der Waals surface area contributed by atoms with Gasteiger partial charge in [-0.05, 0) is 57.5 Å². The van der Waals surface area contributed by atoms with Crippen LogP contribution in [0.4, 0.5) is 0 Å². The minimum absolute atomic E-state index is 0.237. The van der Waals surface area contributed by atoms with E-state index < -0.39 is 0 Å². The summed E-state index contributed by atoms with van der Waals surface area (Å²) < 4.78 is 12.3. The third kappa shape index (κ3) is 2.91. The second-order valence-corrected chi connectivity index (χ2v) is 7.59. The molecule has 0 N–H and O–H groups in total. The first-order valence-electron chi connectivity index (χ1n) is 8.34. The number of rotatable bonds is 2. The molecule has 1 aromatic rings. The summed E-state index contributed by atoms with van der Waals surface area (Å²) in [4.78, 5) is 0. The van der Waals surface area contributed by atoms with Gasteiger partial charge in [0.15, 0.2) is 0 Å². The molecule has 2 nitrogen and oxygen atoms in total. The van der Waals surface area contributed by atoms with Gasteiger partial charge in [-0.3, -0.25) is 0 Å². The highest BCUT2D eigenvalue weighted by Crippen LogP contribution is 2.37. The normalized spacial score (nSPS) is 25.2. The molecule has 0 bridgehead atoms. The summed E-state index contributed by atoms with van der Waals surface area (Å²) in [6, 6.07) is 8.86. The lowest BCUT2D eigenvalue weighted by Crippen LogP contribution is -2.41. The number of hydrogen-bond acceptors (Lipinski definition) is 2. The van der Waals surface area contributed by atoms with E-state index in [1.54, 1.807) is 0 Å². The molecule has 0 atom stereocenters. The molecule has 1 aliphatic carbocycles. The zero-order valence-electron chi connectivity index (χ0n) is 13.8. The average molecular weight is 286 g/mol. The second-order valence-electron chi connectivity index (χ2n) is 7.59. The van der Waals surface area contributed by atoms with Crippen LogP contribution in [0.3, 0.4) is 0 Å². The van der Waals surface area contributed by atoms with Crippen molar-refractivity contribution in [2.24, 2.45) is 0 Å². The van der Waals surface area contributed by atoms with Crippen molar-refractivity contribution in [3.8, 4) is 0 Å². The fourth-order valence-corrected chi connectivity index (χ4v) is 3.37. The molecule has 1 aliphatic heterocycles.